The number of aryl methyl sites for hydroxylation is 1. The van der Waals surface area contributed by atoms with Crippen LogP contribution in [0.1, 0.15) is 30.4 Å². The summed E-state index contributed by atoms with van der Waals surface area (Å²) >= 11 is 5.99. The van der Waals surface area contributed by atoms with Gasteiger partial charge in [0.2, 0.25) is 0 Å². The number of aliphatic hydroxyl groups excluding tert-OH is 1. The van der Waals surface area contributed by atoms with Gasteiger partial charge in [-0.15, -0.1) is 0 Å². The molecular weight excluding hydrogens is 250 g/mol. The molecule has 1 unspecified atom stereocenters. The lowest BCUT2D eigenvalue weighted by molar-refractivity contribution is 0.255. The Balaban J connectivity index is 2.00. The summed E-state index contributed by atoms with van der Waals surface area (Å²) in [6.45, 7) is 2.64. The van der Waals surface area contributed by atoms with Crippen LogP contribution in [-0.4, -0.2) is 22.9 Å². The zero-order valence-electron chi connectivity index (χ0n) is 10.6. The second-order valence-electron chi connectivity index (χ2n) is 5.07. The van der Waals surface area contributed by atoms with E-state index in [0.717, 1.165) is 17.5 Å². The molecular formula is C14H20ClNO2. The number of hydrogen-bond donors (Lipinski definition) is 3. The highest BCUT2D eigenvalue weighted by molar-refractivity contribution is 6.30. The van der Waals surface area contributed by atoms with E-state index in [2.05, 4.69) is 5.32 Å². The predicted molar refractivity (Wildman–Crippen MR) is 72.9 cm³/mol. The van der Waals surface area contributed by atoms with Crippen LogP contribution in [0.25, 0.3) is 0 Å². The van der Waals surface area contributed by atoms with Crippen molar-refractivity contribution < 1.29 is 10.2 Å². The Bertz CT molecular complexity index is 419. The zero-order chi connectivity index (χ0) is 13.1. The summed E-state index contributed by atoms with van der Waals surface area (Å²) in [6, 6.07) is 3.89. The van der Waals surface area contributed by atoms with Crippen molar-refractivity contribution in [3.05, 3.63) is 28.3 Å². The number of phenolic OH excluding ortho intramolecular Hbond substituents is 1. The molecule has 1 aromatic rings. The van der Waals surface area contributed by atoms with E-state index in [0.29, 0.717) is 29.3 Å². The summed E-state index contributed by atoms with van der Waals surface area (Å²) in [6.07, 6.45) is 3.24. The third kappa shape index (κ3) is 3.37. The van der Waals surface area contributed by atoms with Crippen LogP contribution < -0.4 is 5.32 Å². The summed E-state index contributed by atoms with van der Waals surface area (Å²) < 4.78 is 0. The number of nitrogens with one attached hydrogen (secondary N) is 1. The fraction of sp³-hybridized carbons (Fsp3) is 0.571. The smallest absolute Gasteiger partial charge is 0.123 e. The lowest BCUT2D eigenvalue weighted by Gasteiger charge is -2.18. The van der Waals surface area contributed by atoms with Crippen molar-refractivity contribution in [3.63, 3.8) is 0 Å². The number of benzene rings is 1. The third-order valence-corrected chi connectivity index (χ3v) is 3.75. The fourth-order valence-electron chi connectivity index (χ4n) is 2.32. The monoisotopic (exact) mass is 269 g/mol. The molecule has 3 nitrogen and oxygen atoms in total. The first-order valence-corrected chi connectivity index (χ1v) is 6.82. The molecule has 0 heterocycles. The Labute approximate surface area is 113 Å². The Morgan fingerprint density at radius 1 is 1.44 bits per heavy atom. The van der Waals surface area contributed by atoms with Crippen molar-refractivity contribution in [1.82, 2.24) is 5.32 Å². The van der Waals surface area contributed by atoms with Gasteiger partial charge in [0, 0.05) is 29.8 Å². The van der Waals surface area contributed by atoms with Crippen molar-refractivity contribution in [2.24, 2.45) is 5.92 Å². The van der Waals surface area contributed by atoms with Gasteiger partial charge in [-0.05, 0) is 49.8 Å². The molecule has 18 heavy (non-hydrogen) atoms. The van der Waals surface area contributed by atoms with Crippen molar-refractivity contribution in [3.8, 4) is 5.75 Å². The molecule has 1 aromatic carbocycles. The molecule has 1 aliphatic rings. The molecule has 0 bridgehead atoms. The molecule has 2 rings (SSSR count). The molecule has 1 aliphatic carbocycles. The van der Waals surface area contributed by atoms with E-state index < -0.39 is 0 Å². The summed E-state index contributed by atoms with van der Waals surface area (Å²) in [5.74, 6) is 0.991. The maximum absolute atomic E-state index is 9.97. The van der Waals surface area contributed by atoms with Crippen LogP contribution in [0.4, 0.5) is 0 Å². The van der Waals surface area contributed by atoms with Crippen molar-refractivity contribution >= 4 is 11.6 Å². The van der Waals surface area contributed by atoms with Crippen LogP contribution in [0.3, 0.4) is 0 Å². The number of halogens is 1. The standard InChI is InChI=1S/C14H20ClNO2/c1-9-6-12(15)7-11(14(9)18)8-16-13(4-5-17)10-2-3-10/h6-7,10,13,16-18H,2-5,8H2,1H3. The van der Waals surface area contributed by atoms with Gasteiger partial charge in [-0.1, -0.05) is 11.6 Å². The fourth-order valence-corrected chi connectivity index (χ4v) is 2.62. The van der Waals surface area contributed by atoms with Gasteiger partial charge in [-0.25, -0.2) is 0 Å². The van der Waals surface area contributed by atoms with E-state index in [1.807, 2.05) is 6.92 Å². The molecule has 1 saturated carbocycles. The molecule has 3 N–H and O–H groups in total. The van der Waals surface area contributed by atoms with Crippen LogP contribution in [0.15, 0.2) is 12.1 Å². The Morgan fingerprint density at radius 3 is 2.78 bits per heavy atom. The predicted octanol–water partition coefficient (Wildman–Crippen LogP) is 2.60. The number of phenols is 1. The lowest BCUT2D eigenvalue weighted by atomic mass is 10.1. The quantitative estimate of drug-likeness (QED) is 0.744. The van der Waals surface area contributed by atoms with E-state index >= 15 is 0 Å². The minimum Gasteiger partial charge on any atom is -0.507 e. The Morgan fingerprint density at radius 2 is 2.17 bits per heavy atom. The molecule has 100 valence electrons. The molecule has 1 atom stereocenters. The Kier molecular flexibility index (Phi) is 4.49. The molecule has 0 aromatic heterocycles. The molecule has 0 saturated heterocycles. The first-order valence-electron chi connectivity index (χ1n) is 6.44. The molecule has 0 amide bonds. The SMILES string of the molecule is Cc1cc(Cl)cc(CNC(CCO)C2CC2)c1O. The first-order chi connectivity index (χ1) is 8.61. The average molecular weight is 270 g/mol. The van der Waals surface area contributed by atoms with Crippen LogP contribution in [0.2, 0.25) is 5.02 Å². The van der Waals surface area contributed by atoms with E-state index in [1.54, 1.807) is 12.1 Å². The average Bonchev–Trinajstić information content (AvgIpc) is 3.14. The van der Waals surface area contributed by atoms with Gasteiger partial charge in [0.1, 0.15) is 5.75 Å². The normalized spacial score (nSPS) is 16.8. The molecule has 0 radical (unpaired) electrons. The second kappa shape index (κ2) is 5.91. The zero-order valence-corrected chi connectivity index (χ0v) is 11.4. The van der Waals surface area contributed by atoms with E-state index in [9.17, 15) is 5.11 Å². The summed E-state index contributed by atoms with van der Waals surface area (Å²) in [4.78, 5) is 0. The van der Waals surface area contributed by atoms with Gasteiger partial charge in [-0.3, -0.25) is 0 Å². The highest BCUT2D eigenvalue weighted by Gasteiger charge is 2.30. The molecule has 4 heteroatoms. The minimum atomic E-state index is 0.203. The van der Waals surface area contributed by atoms with Gasteiger partial charge in [0.05, 0.1) is 0 Å². The van der Waals surface area contributed by atoms with Gasteiger partial charge >= 0.3 is 0 Å². The highest BCUT2D eigenvalue weighted by atomic mass is 35.5. The van der Waals surface area contributed by atoms with Gasteiger partial charge < -0.3 is 15.5 Å². The molecule has 1 fully saturated rings. The summed E-state index contributed by atoms with van der Waals surface area (Å²) in [5, 5.41) is 23.1. The largest absolute Gasteiger partial charge is 0.507 e. The molecule has 0 spiro atoms. The van der Waals surface area contributed by atoms with Crippen LogP contribution in [0.5, 0.6) is 5.75 Å². The lowest BCUT2D eigenvalue weighted by Crippen LogP contribution is -2.31. The van der Waals surface area contributed by atoms with Gasteiger partial charge in [0.25, 0.3) is 0 Å². The minimum absolute atomic E-state index is 0.203. The van der Waals surface area contributed by atoms with Crippen molar-refractivity contribution in [1.29, 1.82) is 0 Å². The number of aliphatic hydroxyl groups is 1. The van der Waals surface area contributed by atoms with Crippen LogP contribution in [0, 0.1) is 12.8 Å². The third-order valence-electron chi connectivity index (χ3n) is 3.53. The van der Waals surface area contributed by atoms with Crippen molar-refractivity contribution in [2.75, 3.05) is 6.61 Å². The topological polar surface area (TPSA) is 52.5 Å². The maximum atomic E-state index is 9.97. The number of hydrogen-bond acceptors (Lipinski definition) is 3. The van der Waals surface area contributed by atoms with Crippen LogP contribution >= 0.6 is 11.6 Å². The number of rotatable bonds is 6. The summed E-state index contributed by atoms with van der Waals surface area (Å²) in [5.41, 5.74) is 1.62. The maximum Gasteiger partial charge on any atom is 0.123 e. The van der Waals surface area contributed by atoms with E-state index in [-0.39, 0.29) is 6.61 Å². The van der Waals surface area contributed by atoms with Gasteiger partial charge in [-0.2, -0.15) is 0 Å². The summed E-state index contributed by atoms with van der Waals surface area (Å²) in [7, 11) is 0. The van der Waals surface area contributed by atoms with Crippen LogP contribution in [-0.2, 0) is 6.54 Å². The Hall–Kier alpha value is -0.770. The highest BCUT2D eigenvalue weighted by Crippen LogP contribution is 2.34. The van der Waals surface area contributed by atoms with E-state index in [1.165, 1.54) is 12.8 Å². The number of aromatic hydroxyl groups is 1. The molecule has 0 aliphatic heterocycles. The first kappa shape index (κ1) is 13.7. The van der Waals surface area contributed by atoms with Crippen molar-refractivity contribution in [2.45, 2.75) is 38.8 Å². The van der Waals surface area contributed by atoms with Gasteiger partial charge in [0.15, 0.2) is 0 Å². The second-order valence-corrected chi connectivity index (χ2v) is 5.50. The van der Waals surface area contributed by atoms with E-state index in [4.69, 9.17) is 16.7 Å².